The molecule has 0 aliphatic heterocycles. The highest BCUT2D eigenvalue weighted by atomic mass is 19.1. The maximum atomic E-state index is 12.9. The Morgan fingerprint density at radius 3 is 3.00 bits per heavy atom. The van der Waals surface area contributed by atoms with Gasteiger partial charge in [-0.25, -0.2) is 4.39 Å². The van der Waals surface area contributed by atoms with E-state index >= 15 is 0 Å². The maximum absolute atomic E-state index is 12.9. The number of allylic oxidation sites excluding steroid dienone is 3. The lowest BCUT2D eigenvalue weighted by Crippen LogP contribution is -2.26. The smallest absolute Gasteiger partial charge is 0.144 e. The molecule has 1 aliphatic carbocycles. The zero-order chi connectivity index (χ0) is 13.4. The summed E-state index contributed by atoms with van der Waals surface area (Å²) in [5.41, 5.74) is 0.997. The van der Waals surface area contributed by atoms with Gasteiger partial charge < -0.3 is 0 Å². The average Bonchev–Trinajstić information content (AvgIpc) is 2.36. The maximum Gasteiger partial charge on any atom is 0.144 e. The van der Waals surface area contributed by atoms with Gasteiger partial charge in [0.15, 0.2) is 0 Å². The fourth-order valence-electron chi connectivity index (χ4n) is 1.73. The molecule has 0 saturated heterocycles. The van der Waals surface area contributed by atoms with Crippen molar-refractivity contribution in [3.63, 3.8) is 0 Å². The molecule has 0 amide bonds. The summed E-state index contributed by atoms with van der Waals surface area (Å²) in [4.78, 5) is 10.4. The summed E-state index contributed by atoms with van der Waals surface area (Å²) in [5, 5.41) is 6.16. The lowest BCUT2D eigenvalue weighted by molar-refractivity contribution is -0.104. The molecule has 0 fully saturated rings. The minimum absolute atomic E-state index is 0.0347. The van der Waals surface area contributed by atoms with Crippen LogP contribution in [-0.2, 0) is 4.79 Å². The molecule has 1 atom stereocenters. The Labute approximate surface area is 107 Å². The number of rotatable bonds is 6. The molecule has 0 aromatic rings. The Hall–Kier alpha value is -1.71. The van der Waals surface area contributed by atoms with Crippen molar-refractivity contribution in [3.8, 4) is 0 Å². The highest BCUT2D eigenvalue weighted by Crippen LogP contribution is 2.17. The summed E-state index contributed by atoms with van der Waals surface area (Å²) in [6.07, 6.45) is 10.9. The second-order valence-electron chi connectivity index (χ2n) is 4.19. The van der Waals surface area contributed by atoms with Gasteiger partial charge in [0.2, 0.25) is 0 Å². The lowest BCUT2D eigenvalue weighted by atomic mass is 10.1. The number of halogens is 1. The van der Waals surface area contributed by atoms with Crippen molar-refractivity contribution in [2.75, 3.05) is 0 Å². The van der Waals surface area contributed by atoms with Crippen molar-refractivity contribution in [1.29, 1.82) is 0 Å². The van der Waals surface area contributed by atoms with Crippen molar-refractivity contribution in [2.45, 2.75) is 39.2 Å². The Kier molecular flexibility index (Phi) is 6.05. The van der Waals surface area contributed by atoms with Crippen LogP contribution in [0.1, 0.15) is 33.1 Å². The van der Waals surface area contributed by atoms with Gasteiger partial charge in [-0.1, -0.05) is 19.4 Å². The van der Waals surface area contributed by atoms with Crippen LogP contribution in [0.3, 0.4) is 0 Å². The molecule has 0 radical (unpaired) electrons. The second kappa shape index (κ2) is 7.58. The first-order chi connectivity index (χ1) is 8.67. The third-order valence-corrected chi connectivity index (χ3v) is 2.59. The van der Waals surface area contributed by atoms with Crippen molar-refractivity contribution < 1.29 is 9.18 Å². The predicted molar refractivity (Wildman–Crippen MR) is 71.8 cm³/mol. The summed E-state index contributed by atoms with van der Waals surface area (Å²) in [5.74, 6) is -0.222. The summed E-state index contributed by atoms with van der Waals surface area (Å²) in [7, 11) is 0. The summed E-state index contributed by atoms with van der Waals surface area (Å²) in [6, 6.07) is -0.0347. The van der Waals surface area contributed by atoms with E-state index in [1.807, 2.05) is 6.92 Å². The fourth-order valence-corrected chi connectivity index (χ4v) is 1.73. The van der Waals surface area contributed by atoms with E-state index in [9.17, 15) is 9.18 Å². The highest BCUT2D eigenvalue weighted by molar-refractivity contribution is 5.81. The monoisotopic (exact) mass is 250 g/mol. The number of nitrogens with zero attached hydrogens (tertiary/aromatic N) is 2. The predicted octanol–water partition coefficient (Wildman–Crippen LogP) is 3.36. The molecular weight excluding hydrogens is 231 g/mol. The van der Waals surface area contributed by atoms with E-state index in [0.717, 1.165) is 18.6 Å². The Balaban J connectivity index is 2.79. The van der Waals surface area contributed by atoms with Crippen LogP contribution in [0, 0.1) is 0 Å². The van der Waals surface area contributed by atoms with Crippen molar-refractivity contribution in [3.05, 3.63) is 36.3 Å². The highest BCUT2D eigenvalue weighted by Gasteiger charge is 2.14. The van der Waals surface area contributed by atoms with Gasteiger partial charge in [0, 0.05) is 11.9 Å². The van der Waals surface area contributed by atoms with Gasteiger partial charge in [-0.15, -0.1) is 0 Å². The second-order valence-corrected chi connectivity index (χ2v) is 4.19. The van der Waals surface area contributed by atoms with Crippen LogP contribution in [-0.4, -0.2) is 23.0 Å². The normalized spacial score (nSPS) is 20.1. The van der Waals surface area contributed by atoms with Gasteiger partial charge in [0.1, 0.15) is 12.1 Å². The van der Waals surface area contributed by atoms with Gasteiger partial charge in [-0.3, -0.25) is 9.80 Å². The van der Waals surface area contributed by atoms with Crippen LogP contribution in [0.15, 0.2) is 41.4 Å². The number of aldehydes is 1. The average molecular weight is 250 g/mol. The zero-order valence-electron chi connectivity index (χ0n) is 10.8. The van der Waals surface area contributed by atoms with Crippen LogP contribution in [0.25, 0.3) is 0 Å². The van der Waals surface area contributed by atoms with Crippen molar-refractivity contribution >= 4 is 12.0 Å². The molecule has 0 bridgehead atoms. The van der Waals surface area contributed by atoms with Gasteiger partial charge >= 0.3 is 0 Å². The quantitative estimate of drug-likeness (QED) is 0.313. The van der Waals surface area contributed by atoms with Crippen LogP contribution in [0.5, 0.6) is 0 Å². The molecule has 3 nitrogen and oxygen atoms in total. The minimum atomic E-state index is -0.222. The molecule has 1 rings (SSSR count). The van der Waals surface area contributed by atoms with Gasteiger partial charge in [-0.2, -0.15) is 5.10 Å². The largest absolute Gasteiger partial charge is 0.299 e. The van der Waals surface area contributed by atoms with Gasteiger partial charge in [0.05, 0.1) is 6.04 Å². The van der Waals surface area contributed by atoms with E-state index in [0.29, 0.717) is 12.7 Å². The zero-order valence-corrected chi connectivity index (χ0v) is 10.8. The minimum Gasteiger partial charge on any atom is -0.299 e. The topological polar surface area (TPSA) is 32.7 Å². The number of hydrogen-bond acceptors (Lipinski definition) is 3. The summed E-state index contributed by atoms with van der Waals surface area (Å²) in [6.45, 7) is 4.04. The summed E-state index contributed by atoms with van der Waals surface area (Å²) >= 11 is 0. The first-order valence-corrected chi connectivity index (χ1v) is 6.15. The number of carbonyl (C=O) groups excluding carboxylic acids is 1. The van der Waals surface area contributed by atoms with Gasteiger partial charge in [0.25, 0.3) is 0 Å². The molecule has 98 valence electrons. The standard InChI is InChI=1S/C14H19FN2O/c1-3-5-12(2)16-17(10-4-11-18)14-8-6-13(15)7-9-14/h4,6-8,10-11,14H,3,5,9H2,1-2H3/b10-4-,16-12+. The molecule has 0 saturated carbocycles. The van der Waals surface area contributed by atoms with E-state index in [1.165, 1.54) is 18.2 Å². The third kappa shape index (κ3) is 4.65. The molecule has 0 N–H and O–H groups in total. The van der Waals surface area contributed by atoms with E-state index in [-0.39, 0.29) is 11.9 Å². The van der Waals surface area contributed by atoms with Crippen molar-refractivity contribution in [1.82, 2.24) is 5.01 Å². The molecule has 0 spiro atoms. The first kappa shape index (κ1) is 14.4. The van der Waals surface area contributed by atoms with Gasteiger partial charge in [-0.05, 0) is 38.0 Å². The van der Waals surface area contributed by atoms with Crippen molar-refractivity contribution in [2.24, 2.45) is 5.10 Å². The molecule has 1 unspecified atom stereocenters. The first-order valence-electron chi connectivity index (χ1n) is 6.15. The molecule has 18 heavy (non-hydrogen) atoms. The summed E-state index contributed by atoms with van der Waals surface area (Å²) < 4.78 is 12.9. The van der Waals surface area contributed by atoms with Crippen LogP contribution in [0.2, 0.25) is 0 Å². The van der Waals surface area contributed by atoms with E-state index in [1.54, 1.807) is 17.3 Å². The molecule has 0 aromatic heterocycles. The molecule has 0 heterocycles. The van der Waals surface area contributed by atoms with E-state index in [4.69, 9.17) is 0 Å². The molecule has 4 heteroatoms. The number of hydrazone groups is 1. The van der Waals surface area contributed by atoms with Crippen LogP contribution >= 0.6 is 0 Å². The Bertz CT molecular complexity index is 397. The number of hydrogen-bond donors (Lipinski definition) is 0. The third-order valence-electron chi connectivity index (χ3n) is 2.59. The Morgan fingerprint density at radius 2 is 2.44 bits per heavy atom. The Morgan fingerprint density at radius 1 is 1.67 bits per heavy atom. The lowest BCUT2D eigenvalue weighted by Gasteiger charge is -2.24. The van der Waals surface area contributed by atoms with E-state index < -0.39 is 0 Å². The molecular formula is C14H19FN2O. The molecule has 0 aromatic carbocycles. The SMILES string of the molecule is CCC/C(C)=N/N(/C=C\C=O)C1C=CC(F)=CC1. The van der Waals surface area contributed by atoms with E-state index in [2.05, 4.69) is 12.0 Å². The van der Waals surface area contributed by atoms with Crippen LogP contribution < -0.4 is 0 Å². The number of carbonyl (C=O) groups is 1. The molecule has 1 aliphatic rings. The van der Waals surface area contributed by atoms with Crippen LogP contribution in [0.4, 0.5) is 4.39 Å². The fraction of sp³-hybridized carbons (Fsp3) is 0.429.